The molecule has 52 heavy (non-hydrogen) atoms. The van der Waals surface area contributed by atoms with Crippen LogP contribution in [0.2, 0.25) is 0 Å². The van der Waals surface area contributed by atoms with Gasteiger partial charge in [-0.1, -0.05) is 146 Å². The minimum absolute atomic E-state index is 1.11. The van der Waals surface area contributed by atoms with Crippen molar-refractivity contribution in [2.45, 2.75) is 0 Å². The molecule has 10 rings (SSSR count). The lowest BCUT2D eigenvalue weighted by atomic mass is 10.00. The minimum Gasteiger partial charge on any atom is -0.311 e. The molecule has 0 saturated heterocycles. The normalized spacial score (nSPS) is 11.5. The molecule has 0 bridgehead atoms. The van der Waals surface area contributed by atoms with Gasteiger partial charge < -0.3 is 4.90 Å². The maximum Gasteiger partial charge on any atom is 0.0462 e. The average Bonchev–Trinajstić information content (AvgIpc) is 3.60. The van der Waals surface area contributed by atoms with Gasteiger partial charge in [-0.25, -0.2) is 0 Å². The van der Waals surface area contributed by atoms with Crippen molar-refractivity contribution in [3.8, 4) is 33.4 Å². The molecule has 1 heterocycles. The van der Waals surface area contributed by atoms with Crippen LogP contribution < -0.4 is 4.90 Å². The van der Waals surface area contributed by atoms with Gasteiger partial charge in [0.1, 0.15) is 0 Å². The Morgan fingerprint density at radius 1 is 0.288 bits per heavy atom. The van der Waals surface area contributed by atoms with Crippen molar-refractivity contribution in [1.82, 2.24) is 0 Å². The smallest absolute Gasteiger partial charge is 0.0462 e. The molecule has 1 nitrogen and oxygen atoms in total. The molecule has 0 N–H and O–H groups in total. The van der Waals surface area contributed by atoms with E-state index in [1.165, 1.54) is 75.1 Å². The zero-order valence-electron chi connectivity index (χ0n) is 28.4. The largest absolute Gasteiger partial charge is 0.311 e. The van der Waals surface area contributed by atoms with Crippen molar-refractivity contribution in [1.29, 1.82) is 0 Å². The van der Waals surface area contributed by atoms with E-state index >= 15 is 0 Å². The second kappa shape index (κ2) is 12.7. The van der Waals surface area contributed by atoms with E-state index in [4.69, 9.17) is 0 Å². The van der Waals surface area contributed by atoms with E-state index in [1.807, 2.05) is 11.3 Å². The van der Waals surface area contributed by atoms with Crippen LogP contribution in [0.25, 0.3) is 75.1 Å². The topological polar surface area (TPSA) is 3.24 Å². The Hall–Kier alpha value is -6.48. The highest BCUT2D eigenvalue weighted by molar-refractivity contribution is 7.26. The first-order valence-electron chi connectivity index (χ1n) is 17.7. The number of rotatable bonds is 6. The van der Waals surface area contributed by atoms with Gasteiger partial charge in [-0.05, 0) is 110 Å². The van der Waals surface area contributed by atoms with Gasteiger partial charge in [-0.15, -0.1) is 11.3 Å². The summed E-state index contributed by atoms with van der Waals surface area (Å²) in [6.45, 7) is 0. The fourth-order valence-electron chi connectivity index (χ4n) is 7.54. The Labute approximate surface area is 307 Å². The summed E-state index contributed by atoms with van der Waals surface area (Å²) >= 11 is 1.89. The number of hydrogen-bond donors (Lipinski definition) is 0. The van der Waals surface area contributed by atoms with Gasteiger partial charge in [-0.2, -0.15) is 0 Å². The predicted molar refractivity (Wildman–Crippen MR) is 225 cm³/mol. The molecule has 0 aliphatic heterocycles. The van der Waals surface area contributed by atoms with E-state index < -0.39 is 0 Å². The van der Waals surface area contributed by atoms with Crippen molar-refractivity contribution >= 4 is 70.1 Å². The van der Waals surface area contributed by atoms with Crippen molar-refractivity contribution in [2.75, 3.05) is 4.90 Å². The molecule has 0 radical (unpaired) electrons. The minimum atomic E-state index is 1.11. The molecule has 0 fully saturated rings. The molecule has 0 amide bonds. The second-order valence-corrected chi connectivity index (χ2v) is 14.4. The van der Waals surface area contributed by atoms with Crippen molar-refractivity contribution in [3.63, 3.8) is 0 Å². The predicted octanol–water partition coefficient (Wildman–Crippen LogP) is 14.8. The monoisotopic (exact) mass is 679 g/mol. The third-order valence-corrected chi connectivity index (χ3v) is 11.5. The Bertz CT molecular complexity index is 2870. The third kappa shape index (κ3) is 5.42. The van der Waals surface area contributed by atoms with Crippen LogP contribution in [0, 0.1) is 0 Å². The second-order valence-electron chi connectivity index (χ2n) is 13.4. The number of nitrogens with zero attached hydrogens (tertiary/aromatic N) is 1. The molecule has 0 aliphatic carbocycles. The standard InChI is InChI=1S/C50H33NS/c1-2-8-34(9-3-1)36-16-24-43(25-17-36)51(44-26-18-37(19-27-44)41-15-14-35-10-4-5-12-40(35)32-41)45-28-20-38(21-29-45)42-23-31-49-48(33-42)47-30-22-39-11-6-7-13-46(39)50(47)52-49/h1-33H. The Balaban J connectivity index is 1.02. The van der Waals surface area contributed by atoms with Gasteiger partial charge in [-0.3, -0.25) is 0 Å². The zero-order valence-corrected chi connectivity index (χ0v) is 29.2. The summed E-state index contributed by atoms with van der Waals surface area (Å²) in [7, 11) is 0. The van der Waals surface area contributed by atoms with Gasteiger partial charge in [0.2, 0.25) is 0 Å². The van der Waals surface area contributed by atoms with E-state index in [0.29, 0.717) is 0 Å². The van der Waals surface area contributed by atoms with Crippen LogP contribution in [-0.4, -0.2) is 0 Å². The molecule has 0 atom stereocenters. The number of fused-ring (bicyclic) bond motifs is 6. The highest BCUT2D eigenvalue weighted by Crippen LogP contribution is 2.41. The van der Waals surface area contributed by atoms with Crippen LogP contribution in [0.15, 0.2) is 200 Å². The zero-order chi connectivity index (χ0) is 34.4. The molecular formula is C50H33NS. The number of thiophene rings is 1. The lowest BCUT2D eigenvalue weighted by molar-refractivity contribution is 1.28. The number of hydrogen-bond acceptors (Lipinski definition) is 2. The number of benzene rings is 9. The van der Waals surface area contributed by atoms with Crippen LogP contribution in [0.3, 0.4) is 0 Å². The molecule has 10 aromatic rings. The molecule has 2 heteroatoms. The highest BCUT2D eigenvalue weighted by atomic mass is 32.1. The third-order valence-electron chi connectivity index (χ3n) is 10.3. The fourth-order valence-corrected chi connectivity index (χ4v) is 8.76. The van der Waals surface area contributed by atoms with Crippen molar-refractivity contribution in [3.05, 3.63) is 200 Å². The first-order valence-corrected chi connectivity index (χ1v) is 18.6. The molecule has 0 saturated carbocycles. The number of anilines is 3. The Morgan fingerprint density at radius 2 is 0.769 bits per heavy atom. The van der Waals surface area contributed by atoms with Crippen LogP contribution >= 0.6 is 11.3 Å². The van der Waals surface area contributed by atoms with Gasteiger partial charge in [0, 0.05) is 37.2 Å². The summed E-state index contributed by atoms with van der Waals surface area (Å²) in [5, 5.41) is 7.78. The van der Waals surface area contributed by atoms with Crippen LogP contribution in [0.5, 0.6) is 0 Å². The SMILES string of the molecule is c1ccc(-c2ccc(N(c3ccc(-c4ccc5ccccc5c4)cc3)c3ccc(-c4ccc5sc6c7ccccc7ccc6c5c4)cc3)cc2)cc1. The van der Waals surface area contributed by atoms with Crippen LogP contribution in [0.1, 0.15) is 0 Å². The van der Waals surface area contributed by atoms with Gasteiger partial charge in [0.05, 0.1) is 0 Å². The van der Waals surface area contributed by atoms with Gasteiger partial charge in [0.15, 0.2) is 0 Å². The summed E-state index contributed by atoms with van der Waals surface area (Å²) in [4.78, 5) is 2.35. The van der Waals surface area contributed by atoms with E-state index in [-0.39, 0.29) is 0 Å². The van der Waals surface area contributed by atoms with Gasteiger partial charge in [0.25, 0.3) is 0 Å². The lowest BCUT2D eigenvalue weighted by Crippen LogP contribution is -2.09. The summed E-state index contributed by atoms with van der Waals surface area (Å²) in [5.41, 5.74) is 10.6. The Kier molecular flexibility index (Phi) is 7.41. The van der Waals surface area contributed by atoms with E-state index in [1.54, 1.807) is 0 Å². The first-order chi connectivity index (χ1) is 25.7. The summed E-state index contributed by atoms with van der Waals surface area (Å²) in [5.74, 6) is 0. The van der Waals surface area contributed by atoms with Crippen LogP contribution in [0.4, 0.5) is 17.1 Å². The quantitative estimate of drug-likeness (QED) is 0.169. The lowest BCUT2D eigenvalue weighted by Gasteiger charge is -2.26. The Morgan fingerprint density at radius 3 is 1.44 bits per heavy atom. The van der Waals surface area contributed by atoms with Crippen LogP contribution in [-0.2, 0) is 0 Å². The fraction of sp³-hybridized carbons (Fsp3) is 0. The maximum absolute atomic E-state index is 2.36. The summed E-state index contributed by atoms with van der Waals surface area (Å²) in [6.07, 6.45) is 0. The average molecular weight is 680 g/mol. The van der Waals surface area contributed by atoms with E-state index in [2.05, 4.69) is 205 Å². The first kappa shape index (κ1) is 30.4. The molecule has 9 aromatic carbocycles. The van der Waals surface area contributed by atoms with Crippen molar-refractivity contribution < 1.29 is 0 Å². The molecular weight excluding hydrogens is 647 g/mol. The van der Waals surface area contributed by atoms with Gasteiger partial charge >= 0.3 is 0 Å². The molecule has 0 aliphatic rings. The molecule has 1 aromatic heterocycles. The molecule has 244 valence electrons. The van der Waals surface area contributed by atoms with E-state index in [9.17, 15) is 0 Å². The molecule has 0 unspecified atom stereocenters. The highest BCUT2D eigenvalue weighted by Gasteiger charge is 2.15. The molecule has 0 spiro atoms. The maximum atomic E-state index is 2.36. The van der Waals surface area contributed by atoms with Crippen molar-refractivity contribution in [2.24, 2.45) is 0 Å². The van der Waals surface area contributed by atoms with E-state index in [0.717, 1.165) is 17.1 Å². The summed E-state index contributed by atoms with van der Waals surface area (Å²) < 4.78 is 2.69. The summed E-state index contributed by atoms with van der Waals surface area (Å²) in [6, 6.07) is 72.8.